The number of nitrogens with two attached hydrogens (primary N) is 1. The van der Waals surface area contributed by atoms with Crippen LogP contribution in [0, 0.1) is 10.1 Å². The third-order valence-corrected chi connectivity index (χ3v) is 4.06. The van der Waals surface area contributed by atoms with Crippen LogP contribution in [0.1, 0.15) is 24.5 Å². The van der Waals surface area contributed by atoms with Gasteiger partial charge in [-0.15, -0.1) is 0 Å². The van der Waals surface area contributed by atoms with E-state index in [2.05, 4.69) is 5.32 Å². The summed E-state index contributed by atoms with van der Waals surface area (Å²) in [6.45, 7) is 1.49. The molecule has 2 aromatic carbocycles. The number of amides is 3. The van der Waals surface area contributed by atoms with Crippen molar-refractivity contribution in [2.75, 3.05) is 6.54 Å². The number of primary amides is 1. The quantitative estimate of drug-likeness (QED) is 0.370. The molecule has 0 aliphatic rings. The van der Waals surface area contributed by atoms with E-state index in [0.29, 0.717) is 5.56 Å². The van der Waals surface area contributed by atoms with Crippen LogP contribution in [0.3, 0.4) is 0 Å². The summed E-state index contributed by atoms with van der Waals surface area (Å²) >= 11 is 0. The van der Waals surface area contributed by atoms with Crippen molar-refractivity contribution >= 4 is 29.5 Å². The molecule has 30 heavy (non-hydrogen) atoms. The molecular formula is C21H22N4O5. The van der Waals surface area contributed by atoms with E-state index in [9.17, 15) is 24.5 Å². The SMILES string of the molecule is CC(=O)N/C(=C/c1cccc([N+](=O)[O-])c1)C(=O)N(CCC(N)=O)Cc1ccccc1. The third kappa shape index (κ3) is 6.86. The minimum Gasteiger partial charge on any atom is -0.370 e. The molecule has 0 aliphatic carbocycles. The molecular weight excluding hydrogens is 388 g/mol. The Balaban J connectivity index is 2.38. The molecule has 9 nitrogen and oxygen atoms in total. The lowest BCUT2D eigenvalue weighted by Crippen LogP contribution is -2.39. The van der Waals surface area contributed by atoms with E-state index in [1.54, 1.807) is 6.07 Å². The van der Waals surface area contributed by atoms with Crippen LogP contribution in [-0.4, -0.2) is 34.1 Å². The first-order chi connectivity index (χ1) is 14.3. The minimum atomic E-state index is -0.565. The van der Waals surface area contributed by atoms with Crippen molar-refractivity contribution in [1.82, 2.24) is 10.2 Å². The Hall–Kier alpha value is -4.01. The lowest BCUT2D eigenvalue weighted by Gasteiger charge is -2.24. The first-order valence-electron chi connectivity index (χ1n) is 9.11. The lowest BCUT2D eigenvalue weighted by molar-refractivity contribution is -0.384. The van der Waals surface area contributed by atoms with Crippen LogP contribution in [0.2, 0.25) is 0 Å². The van der Waals surface area contributed by atoms with Gasteiger partial charge in [0.1, 0.15) is 5.70 Å². The van der Waals surface area contributed by atoms with Crippen molar-refractivity contribution in [2.24, 2.45) is 5.73 Å². The first kappa shape index (κ1) is 22.3. The fraction of sp³-hybridized carbons (Fsp3) is 0.190. The third-order valence-electron chi connectivity index (χ3n) is 4.06. The van der Waals surface area contributed by atoms with E-state index in [1.165, 1.54) is 36.1 Å². The Morgan fingerprint density at radius 2 is 1.83 bits per heavy atom. The van der Waals surface area contributed by atoms with Crippen LogP contribution in [0.5, 0.6) is 0 Å². The highest BCUT2D eigenvalue weighted by Gasteiger charge is 2.21. The molecule has 2 aromatic rings. The molecule has 2 rings (SSSR count). The van der Waals surface area contributed by atoms with Gasteiger partial charge in [-0.2, -0.15) is 0 Å². The van der Waals surface area contributed by atoms with Crippen molar-refractivity contribution in [2.45, 2.75) is 19.9 Å². The summed E-state index contributed by atoms with van der Waals surface area (Å²) in [7, 11) is 0. The maximum absolute atomic E-state index is 13.2. The standard InChI is InChI=1S/C21H22N4O5/c1-15(26)23-19(13-17-8-5-9-18(12-17)25(29)30)21(28)24(11-10-20(22)27)14-16-6-3-2-4-7-16/h2-9,12-13H,10-11,14H2,1H3,(H2,22,27)(H,23,26)/b19-13+. The number of hydrogen-bond acceptors (Lipinski definition) is 5. The second-order valence-corrected chi connectivity index (χ2v) is 6.52. The van der Waals surface area contributed by atoms with Gasteiger partial charge in [0.15, 0.2) is 0 Å². The zero-order valence-corrected chi connectivity index (χ0v) is 16.4. The predicted octanol–water partition coefficient (Wildman–Crippen LogP) is 1.98. The number of nitrogens with zero attached hydrogens (tertiary/aromatic N) is 2. The van der Waals surface area contributed by atoms with Crippen LogP contribution in [0.15, 0.2) is 60.3 Å². The summed E-state index contributed by atoms with van der Waals surface area (Å²) in [5, 5.41) is 13.5. The van der Waals surface area contributed by atoms with Crippen LogP contribution in [-0.2, 0) is 20.9 Å². The molecule has 0 saturated heterocycles. The molecule has 0 radical (unpaired) electrons. The number of nitrogens with one attached hydrogen (secondary N) is 1. The molecule has 0 aromatic heterocycles. The van der Waals surface area contributed by atoms with Gasteiger partial charge >= 0.3 is 0 Å². The number of carbonyl (C=O) groups is 3. The fourth-order valence-corrected chi connectivity index (χ4v) is 2.71. The van der Waals surface area contributed by atoms with Gasteiger partial charge in [-0.25, -0.2) is 0 Å². The van der Waals surface area contributed by atoms with Crippen molar-refractivity contribution in [1.29, 1.82) is 0 Å². The number of rotatable bonds is 9. The molecule has 0 spiro atoms. The molecule has 0 atom stereocenters. The molecule has 0 unspecified atom stereocenters. The molecule has 3 N–H and O–H groups in total. The van der Waals surface area contributed by atoms with E-state index in [1.807, 2.05) is 30.3 Å². The van der Waals surface area contributed by atoms with Gasteiger partial charge in [-0.05, 0) is 17.2 Å². The van der Waals surface area contributed by atoms with E-state index in [-0.39, 0.29) is 30.9 Å². The highest BCUT2D eigenvalue weighted by molar-refractivity contribution is 6.01. The first-order valence-corrected chi connectivity index (χ1v) is 9.11. The van der Waals surface area contributed by atoms with Crippen LogP contribution >= 0.6 is 0 Å². The minimum absolute atomic E-state index is 0.0505. The maximum atomic E-state index is 13.2. The van der Waals surface area contributed by atoms with Crippen LogP contribution < -0.4 is 11.1 Å². The Morgan fingerprint density at radius 3 is 2.43 bits per heavy atom. The summed E-state index contributed by atoms with van der Waals surface area (Å²) in [4.78, 5) is 47.9. The Labute approximate surface area is 173 Å². The second kappa shape index (κ2) is 10.5. The topological polar surface area (TPSA) is 136 Å². The van der Waals surface area contributed by atoms with E-state index in [4.69, 9.17) is 5.73 Å². The van der Waals surface area contributed by atoms with Crippen molar-refractivity contribution in [3.8, 4) is 0 Å². The predicted molar refractivity (Wildman–Crippen MR) is 111 cm³/mol. The molecule has 0 saturated carbocycles. The molecule has 0 fully saturated rings. The summed E-state index contributed by atoms with van der Waals surface area (Å²) in [5.74, 6) is -1.58. The van der Waals surface area contributed by atoms with E-state index < -0.39 is 22.6 Å². The maximum Gasteiger partial charge on any atom is 0.270 e. The largest absolute Gasteiger partial charge is 0.370 e. The highest BCUT2D eigenvalue weighted by atomic mass is 16.6. The Bertz CT molecular complexity index is 972. The molecule has 3 amide bonds. The summed E-state index contributed by atoms with van der Waals surface area (Å²) in [6, 6.07) is 14.8. The lowest BCUT2D eigenvalue weighted by atomic mass is 10.1. The monoisotopic (exact) mass is 410 g/mol. The van der Waals surface area contributed by atoms with Gasteiger partial charge in [0.25, 0.3) is 11.6 Å². The second-order valence-electron chi connectivity index (χ2n) is 6.52. The number of benzene rings is 2. The summed E-state index contributed by atoms with van der Waals surface area (Å²) in [6.07, 6.45) is 1.31. The van der Waals surface area contributed by atoms with E-state index in [0.717, 1.165) is 5.56 Å². The highest BCUT2D eigenvalue weighted by Crippen LogP contribution is 2.17. The normalized spacial score (nSPS) is 10.9. The number of carbonyl (C=O) groups excluding carboxylic acids is 3. The van der Waals surface area contributed by atoms with Crippen LogP contribution in [0.4, 0.5) is 5.69 Å². The molecule has 0 bridgehead atoms. The van der Waals surface area contributed by atoms with Crippen LogP contribution in [0.25, 0.3) is 6.08 Å². The van der Waals surface area contributed by atoms with Gasteiger partial charge in [0.2, 0.25) is 11.8 Å². The number of non-ortho nitro benzene ring substituents is 1. The van der Waals surface area contributed by atoms with Gasteiger partial charge in [0.05, 0.1) is 4.92 Å². The average molecular weight is 410 g/mol. The van der Waals surface area contributed by atoms with Crippen molar-refractivity contribution < 1.29 is 19.3 Å². The zero-order valence-electron chi connectivity index (χ0n) is 16.4. The Morgan fingerprint density at radius 1 is 1.13 bits per heavy atom. The van der Waals surface area contributed by atoms with Gasteiger partial charge in [0, 0.05) is 38.6 Å². The van der Waals surface area contributed by atoms with Crippen molar-refractivity contribution in [3.05, 3.63) is 81.5 Å². The molecule has 156 valence electrons. The zero-order chi connectivity index (χ0) is 22.1. The fourth-order valence-electron chi connectivity index (χ4n) is 2.71. The number of hydrogen-bond donors (Lipinski definition) is 2. The van der Waals surface area contributed by atoms with Gasteiger partial charge in [-0.1, -0.05) is 42.5 Å². The van der Waals surface area contributed by atoms with Gasteiger partial charge < -0.3 is 16.0 Å². The number of nitro groups is 1. The summed E-state index contributed by atoms with van der Waals surface area (Å²) < 4.78 is 0. The van der Waals surface area contributed by atoms with Gasteiger partial charge in [-0.3, -0.25) is 24.5 Å². The molecule has 9 heteroatoms. The molecule has 0 aliphatic heterocycles. The summed E-state index contributed by atoms with van der Waals surface area (Å²) in [5.41, 5.74) is 6.22. The van der Waals surface area contributed by atoms with E-state index >= 15 is 0 Å². The Kier molecular flexibility index (Phi) is 7.81. The average Bonchev–Trinajstić information content (AvgIpc) is 2.70. The molecule has 0 heterocycles. The van der Waals surface area contributed by atoms with Crippen molar-refractivity contribution in [3.63, 3.8) is 0 Å². The number of nitro benzene ring substituents is 1. The smallest absolute Gasteiger partial charge is 0.270 e.